The van der Waals surface area contributed by atoms with E-state index in [1.807, 2.05) is 0 Å². The molecule has 0 aliphatic heterocycles. The molecule has 0 amide bonds. The lowest BCUT2D eigenvalue weighted by atomic mass is 9.87. The molecule has 7 nitrogen and oxygen atoms in total. The number of ketones is 1. The van der Waals surface area contributed by atoms with E-state index in [1.54, 1.807) is 24.3 Å². The van der Waals surface area contributed by atoms with Crippen LogP contribution in [0.4, 0.5) is 0 Å². The molecule has 0 spiro atoms. The molecule has 1 saturated carbocycles. The summed E-state index contributed by atoms with van der Waals surface area (Å²) in [6.07, 6.45) is 1.12. The van der Waals surface area contributed by atoms with Gasteiger partial charge in [0, 0.05) is 5.92 Å². The van der Waals surface area contributed by atoms with Crippen molar-refractivity contribution < 1.29 is 14.7 Å². The van der Waals surface area contributed by atoms with Crippen LogP contribution in [0.25, 0.3) is 10.9 Å². The van der Waals surface area contributed by atoms with Crippen molar-refractivity contribution in [1.29, 1.82) is 0 Å². The minimum absolute atomic E-state index is 0.114. The number of fused-ring (bicyclic) bond motifs is 1. The third kappa shape index (κ3) is 2.74. The Morgan fingerprint density at radius 3 is 2.74 bits per heavy atom. The topological polar surface area (TPSA) is 102 Å². The molecule has 23 heavy (non-hydrogen) atoms. The zero-order valence-electron chi connectivity index (χ0n) is 12.7. The zero-order valence-corrected chi connectivity index (χ0v) is 12.7. The van der Waals surface area contributed by atoms with Gasteiger partial charge in [-0.1, -0.05) is 17.3 Å². The highest BCUT2D eigenvalue weighted by Crippen LogP contribution is 2.38. The number of carbonyl (C=O) groups is 2. The average molecular weight is 315 g/mol. The summed E-state index contributed by atoms with van der Waals surface area (Å²) in [4.78, 5) is 35.6. The number of carboxylic acid groups (broad SMARTS) is 1. The highest BCUT2D eigenvalue weighted by Gasteiger charge is 2.43. The molecule has 1 aliphatic rings. The van der Waals surface area contributed by atoms with Gasteiger partial charge in [0.2, 0.25) is 0 Å². The van der Waals surface area contributed by atoms with E-state index in [1.165, 1.54) is 11.6 Å². The molecule has 0 unspecified atom stereocenters. The summed E-state index contributed by atoms with van der Waals surface area (Å²) >= 11 is 0. The maximum Gasteiger partial charge on any atom is 0.307 e. The van der Waals surface area contributed by atoms with Crippen molar-refractivity contribution in [3.05, 3.63) is 34.6 Å². The quantitative estimate of drug-likeness (QED) is 0.906. The number of aromatic nitrogens is 3. The highest BCUT2D eigenvalue weighted by atomic mass is 16.4. The van der Waals surface area contributed by atoms with Gasteiger partial charge < -0.3 is 5.11 Å². The van der Waals surface area contributed by atoms with Crippen LogP contribution in [0.15, 0.2) is 29.1 Å². The molecular weight excluding hydrogens is 298 g/mol. The van der Waals surface area contributed by atoms with Gasteiger partial charge in [0.1, 0.15) is 11.3 Å². The van der Waals surface area contributed by atoms with Crippen LogP contribution >= 0.6 is 0 Å². The van der Waals surface area contributed by atoms with E-state index in [9.17, 15) is 19.5 Å². The molecule has 3 atom stereocenters. The van der Waals surface area contributed by atoms with Crippen LogP contribution in [0.5, 0.6) is 0 Å². The lowest BCUT2D eigenvalue weighted by Crippen LogP contribution is -2.34. The lowest BCUT2D eigenvalue weighted by Gasteiger charge is -2.19. The molecule has 3 rings (SSSR count). The Labute approximate surface area is 131 Å². The number of aliphatic carboxylic acids is 1. The molecule has 0 radical (unpaired) electrons. The Morgan fingerprint density at radius 2 is 2.04 bits per heavy atom. The van der Waals surface area contributed by atoms with Gasteiger partial charge in [-0.2, -0.15) is 0 Å². The van der Waals surface area contributed by atoms with Crippen molar-refractivity contribution in [2.45, 2.75) is 26.3 Å². The van der Waals surface area contributed by atoms with Crippen molar-refractivity contribution in [2.75, 3.05) is 0 Å². The van der Waals surface area contributed by atoms with Crippen molar-refractivity contribution in [1.82, 2.24) is 15.0 Å². The van der Waals surface area contributed by atoms with Gasteiger partial charge in [0.25, 0.3) is 5.56 Å². The van der Waals surface area contributed by atoms with E-state index in [2.05, 4.69) is 10.3 Å². The molecule has 0 bridgehead atoms. The maximum atomic E-state index is 12.5. The van der Waals surface area contributed by atoms with Crippen LogP contribution in [0.3, 0.4) is 0 Å². The van der Waals surface area contributed by atoms with Crippen molar-refractivity contribution in [3.8, 4) is 0 Å². The smallest absolute Gasteiger partial charge is 0.307 e. The van der Waals surface area contributed by atoms with Gasteiger partial charge >= 0.3 is 5.97 Å². The Balaban J connectivity index is 1.93. The minimum Gasteiger partial charge on any atom is -0.481 e. The largest absolute Gasteiger partial charge is 0.481 e. The fraction of sp³-hybridized carbons (Fsp3) is 0.438. The molecular formula is C16H17N3O4. The number of Topliss-reactive ketones (excluding diaryl/α,β-unsaturated/α-hetero) is 1. The zero-order chi connectivity index (χ0) is 16.6. The number of rotatable bonds is 4. The summed E-state index contributed by atoms with van der Waals surface area (Å²) in [5.41, 5.74) is 0.225. The number of hydrogen-bond donors (Lipinski definition) is 1. The molecule has 1 fully saturated rings. The summed E-state index contributed by atoms with van der Waals surface area (Å²) in [7, 11) is 0. The number of carbonyl (C=O) groups excluding carboxylic acids is 1. The van der Waals surface area contributed by atoms with E-state index < -0.39 is 17.8 Å². The van der Waals surface area contributed by atoms with Gasteiger partial charge in [-0.25, -0.2) is 4.68 Å². The molecule has 120 valence electrons. The van der Waals surface area contributed by atoms with Crippen molar-refractivity contribution >= 4 is 22.7 Å². The molecule has 7 heteroatoms. The van der Waals surface area contributed by atoms with E-state index in [0.717, 1.165) is 0 Å². The van der Waals surface area contributed by atoms with Gasteiger partial charge in [0.15, 0.2) is 0 Å². The molecule has 1 aromatic heterocycles. The fourth-order valence-corrected chi connectivity index (χ4v) is 3.48. The standard InChI is InChI=1S/C16H17N3O4/c1-9(20)11-7-6-10(14(11)16(22)23)8-19-15(21)12-4-2-3-5-13(12)17-18-19/h2-5,10-11,14H,6-8H2,1H3,(H,22,23)/t10-,11+,14-/m0/s1. The number of hydrogen-bond acceptors (Lipinski definition) is 5. The lowest BCUT2D eigenvalue weighted by molar-refractivity contribution is -0.147. The molecule has 1 heterocycles. The summed E-state index contributed by atoms with van der Waals surface area (Å²) in [5, 5.41) is 17.8. The third-order valence-electron chi connectivity index (χ3n) is 4.63. The normalized spacial score (nSPS) is 24.0. The fourth-order valence-electron chi connectivity index (χ4n) is 3.48. The average Bonchev–Trinajstić information content (AvgIpc) is 2.94. The first-order valence-electron chi connectivity index (χ1n) is 7.55. The first kappa shape index (κ1) is 15.3. The number of carboxylic acids is 1. The van der Waals surface area contributed by atoms with E-state index in [0.29, 0.717) is 23.7 Å². The molecule has 1 aliphatic carbocycles. The van der Waals surface area contributed by atoms with E-state index >= 15 is 0 Å². The Hall–Kier alpha value is -2.57. The molecule has 1 aromatic carbocycles. The van der Waals surface area contributed by atoms with E-state index in [-0.39, 0.29) is 23.8 Å². The summed E-state index contributed by atoms with van der Waals surface area (Å²) in [5.74, 6) is -2.66. The summed E-state index contributed by atoms with van der Waals surface area (Å²) < 4.78 is 1.21. The van der Waals surface area contributed by atoms with Crippen molar-refractivity contribution in [3.63, 3.8) is 0 Å². The summed E-state index contributed by atoms with van der Waals surface area (Å²) in [6, 6.07) is 6.90. The first-order valence-corrected chi connectivity index (χ1v) is 7.55. The molecule has 2 aromatic rings. The van der Waals surface area contributed by atoms with Crippen LogP contribution < -0.4 is 5.56 Å². The Morgan fingerprint density at radius 1 is 1.30 bits per heavy atom. The second-order valence-corrected chi connectivity index (χ2v) is 6.01. The Kier molecular flexibility index (Phi) is 3.94. The second kappa shape index (κ2) is 5.91. The summed E-state index contributed by atoms with van der Waals surface area (Å²) in [6.45, 7) is 1.59. The number of benzene rings is 1. The van der Waals surface area contributed by atoms with E-state index in [4.69, 9.17) is 0 Å². The van der Waals surface area contributed by atoms with Crippen LogP contribution in [0, 0.1) is 17.8 Å². The third-order valence-corrected chi connectivity index (χ3v) is 4.63. The second-order valence-electron chi connectivity index (χ2n) is 6.01. The molecule has 1 N–H and O–H groups in total. The first-order chi connectivity index (χ1) is 11.0. The van der Waals surface area contributed by atoms with Gasteiger partial charge in [-0.3, -0.25) is 14.4 Å². The maximum absolute atomic E-state index is 12.5. The van der Waals surface area contributed by atoms with Crippen LogP contribution in [0.2, 0.25) is 0 Å². The van der Waals surface area contributed by atoms with Crippen LogP contribution in [-0.2, 0) is 16.1 Å². The van der Waals surface area contributed by atoms with Crippen LogP contribution in [-0.4, -0.2) is 31.9 Å². The predicted octanol–water partition coefficient (Wildman–Crippen LogP) is 1.11. The predicted molar refractivity (Wildman–Crippen MR) is 81.8 cm³/mol. The molecule has 0 saturated heterocycles. The van der Waals surface area contributed by atoms with Crippen LogP contribution in [0.1, 0.15) is 19.8 Å². The van der Waals surface area contributed by atoms with Gasteiger partial charge in [-0.15, -0.1) is 5.10 Å². The monoisotopic (exact) mass is 315 g/mol. The number of nitrogens with zero attached hydrogens (tertiary/aromatic N) is 3. The Bertz CT molecular complexity index is 829. The van der Waals surface area contributed by atoms with Crippen molar-refractivity contribution in [2.24, 2.45) is 17.8 Å². The minimum atomic E-state index is -0.991. The SMILES string of the molecule is CC(=O)[C@H]1CC[C@@H](Cn2nnc3ccccc3c2=O)[C@@H]1C(=O)O. The highest BCUT2D eigenvalue weighted by molar-refractivity contribution is 5.85. The van der Waals surface area contributed by atoms with Gasteiger partial charge in [0.05, 0.1) is 17.8 Å². The van der Waals surface area contributed by atoms with Gasteiger partial charge in [-0.05, 0) is 37.8 Å².